The molecule has 12 aromatic carbocycles. The van der Waals surface area contributed by atoms with Crippen molar-refractivity contribution in [2.75, 3.05) is 0 Å². The minimum Gasteiger partial charge on any atom is -0.208 e. The molecule has 0 aliphatic carbocycles. The van der Waals surface area contributed by atoms with Crippen molar-refractivity contribution < 1.29 is 0 Å². The van der Waals surface area contributed by atoms with E-state index in [-0.39, 0.29) is 0 Å². The van der Waals surface area contributed by atoms with E-state index in [9.17, 15) is 0 Å². The summed E-state index contributed by atoms with van der Waals surface area (Å²) in [6.07, 6.45) is 0. The predicted octanol–water partition coefficient (Wildman–Crippen LogP) is 16.3. The van der Waals surface area contributed by atoms with Crippen LogP contribution in [0.15, 0.2) is 224 Å². The van der Waals surface area contributed by atoms with E-state index in [1.807, 2.05) is 36.4 Å². The van der Waals surface area contributed by atoms with Crippen molar-refractivity contribution in [3.8, 4) is 56.4 Å². The summed E-state index contributed by atoms with van der Waals surface area (Å²) in [5.74, 6) is 1.94. The number of rotatable bonds is 5. The van der Waals surface area contributed by atoms with E-state index < -0.39 is 0 Å². The molecule has 64 heavy (non-hydrogen) atoms. The van der Waals surface area contributed by atoms with Crippen molar-refractivity contribution in [2.45, 2.75) is 0 Å². The molecule has 0 spiro atoms. The second-order valence-corrected chi connectivity index (χ2v) is 16.6. The first-order valence-corrected chi connectivity index (χ1v) is 21.9. The Labute approximate surface area is 369 Å². The van der Waals surface area contributed by atoms with Crippen molar-refractivity contribution in [1.82, 2.24) is 15.0 Å². The fourth-order valence-electron chi connectivity index (χ4n) is 10.3. The summed E-state index contributed by atoms with van der Waals surface area (Å²) in [5.41, 5.74) is 7.61. The maximum absolute atomic E-state index is 5.22. The molecule has 0 amide bonds. The molecular formula is C61H37N3. The predicted molar refractivity (Wildman–Crippen MR) is 270 cm³/mol. The van der Waals surface area contributed by atoms with E-state index in [0.717, 1.165) is 43.8 Å². The van der Waals surface area contributed by atoms with Gasteiger partial charge in [-0.05, 0) is 97.7 Å². The van der Waals surface area contributed by atoms with Gasteiger partial charge in [0.2, 0.25) is 0 Å². The lowest BCUT2D eigenvalue weighted by Gasteiger charge is -2.18. The fourth-order valence-corrected chi connectivity index (χ4v) is 10.3. The van der Waals surface area contributed by atoms with Gasteiger partial charge in [-0.2, -0.15) is 0 Å². The van der Waals surface area contributed by atoms with Crippen LogP contribution in [-0.4, -0.2) is 15.0 Å². The van der Waals surface area contributed by atoms with Gasteiger partial charge in [0.05, 0.1) is 0 Å². The van der Waals surface area contributed by atoms with Crippen LogP contribution >= 0.6 is 0 Å². The van der Waals surface area contributed by atoms with Gasteiger partial charge in [-0.1, -0.05) is 224 Å². The molecule has 1 aromatic heterocycles. The normalized spacial score (nSPS) is 11.8. The molecular weight excluding hydrogens is 775 g/mol. The highest BCUT2D eigenvalue weighted by Gasteiger charge is 2.21. The maximum Gasteiger partial charge on any atom is 0.165 e. The average Bonchev–Trinajstić information content (AvgIpc) is 3.37. The largest absolute Gasteiger partial charge is 0.208 e. The third-order valence-electron chi connectivity index (χ3n) is 13.1. The number of aromatic nitrogens is 3. The Hall–Kier alpha value is -8.53. The zero-order valence-corrected chi connectivity index (χ0v) is 34.7. The standard InChI is InChI=1S/C61H37N3/c1-3-16-42(17-4-1)59-62-60(43-18-5-2-6-19-43)64-61(63-59)58-52-26-11-9-24-48(52)54(49-25-10-12-27-53(49)58)41-34-32-38(33-35-41)44-28-15-31-51-50-30-14-21-40-37-36-39-20-13-29-46(55(39)56(40)50)45-22-7-8-23-47(45)57(44)51/h1-37H. The minimum absolute atomic E-state index is 0.646. The van der Waals surface area contributed by atoms with Gasteiger partial charge >= 0.3 is 0 Å². The molecule has 0 N–H and O–H groups in total. The van der Waals surface area contributed by atoms with Gasteiger partial charge in [-0.3, -0.25) is 0 Å². The maximum atomic E-state index is 5.22. The van der Waals surface area contributed by atoms with Crippen molar-refractivity contribution in [3.63, 3.8) is 0 Å². The summed E-state index contributed by atoms with van der Waals surface area (Å²) in [5, 5.41) is 17.2. The highest BCUT2D eigenvalue weighted by atomic mass is 15.0. The Morgan fingerprint density at radius 1 is 0.203 bits per heavy atom. The quantitative estimate of drug-likeness (QED) is 0.128. The van der Waals surface area contributed by atoms with Crippen LogP contribution < -0.4 is 0 Å². The molecule has 0 fully saturated rings. The van der Waals surface area contributed by atoms with E-state index in [2.05, 4.69) is 188 Å². The summed E-state index contributed by atoms with van der Waals surface area (Å²) in [7, 11) is 0. The number of nitrogens with zero attached hydrogens (tertiary/aromatic N) is 3. The third kappa shape index (κ3) is 5.65. The Morgan fingerprint density at radius 2 is 0.578 bits per heavy atom. The van der Waals surface area contributed by atoms with Gasteiger partial charge < -0.3 is 0 Å². The lowest BCUT2D eigenvalue weighted by atomic mass is 9.86. The molecule has 0 saturated heterocycles. The average molecular weight is 812 g/mol. The SMILES string of the molecule is c1ccc(-c2nc(-c3ccccc3)nc(-c3c4ccccc4c(-c4ccc(-c5cccc6c7cccc8ccc9cccc(c%10ccccc%10c56)c9c87)cc4)c4ccccc34)n2)cc1. The van der Waals surface area contributed by atoms with E-state index in [0.29, 0.717) is 17.5 Å². The topological polar surface area (TPSA) is 38.7 Å². The van der Waals surface area contributed by atoms with Gasteiger partial charge in [-0.15, -0.1) is 0 Å². The van der Waals surface area contributed by atoms with E-state index in [4.69, 9.17) is 15.0 Å². The molecule has 0 aliphatic heterocycles. The summed E-state index contributed by atoms with van der Waals surface area (Å²) in [4.78, 5) is 15.5. The lowest BCUT2D eigenvalue weighted by Crippen LogP contribution is -2.01. The molecule has 13 aromatic rings. The van der Waals surface area contributed by atoms with Gasteiger partial charge in [0.1, 0.15) is 0 Å². The van der Waals surface area contributed by atoms with Crippen LogP contribution in [-0.2, 0) is 0 Å². The first-order chi connectivity index (χ1) is 31.8. The zero-order valence-electron chi connectivity index (χ0n) is 34.7. The third-order valence-corrected chi connectivity index (χ3v) is 13.1. The molecule has 0 radical (unpaired) electrons. The summed E-state index contributed by atoms with van der Waals surface area (Å²) < 4.78 is 0. The second kappa shape index (κ2) is 14.5. The van der Waals surface area contributed by atoms with Crippen molar-refractivity contribution in [3.05, 3.63) is 224 Å². The molecule has 0 aliphatic rings. The Morgan fingerprint density at radius 3 is 1.12 bits per heavy atom. The van der Waals surface area contributed by atoms with Crippen LogP contribution in [0.3, 0.4) is 0 Å². The second-order valence-electron chi connectivity index (χ2n) is 16.6. The van der Waals surface area contributed by atoms with Crippen LogP contribution in [0.4, 0.5) is 0 Å². The van der Waals surface area contributed by atoms with Crippen molar-refractivity contribution in [2.24, 2.45) is 0 Å². The summed E-state index contributed by atoms with van der Waals surface area (Å²) in [6.45, 7) is 0. The van der Waals surface area contributed by atoms with Crippen molar-refractivity contribution in [1.29, 1.82) is 0 Å². The first-order valence-electron chi connectivity index (χ1n) is 21.9. The van der Waals surface area contributed by atoms with Crippen LogP contribution in [0.1, 0.15) is 0 Å². The molecule has 3 nitrogen and oxygen atoms in total. The van der Waals surface area contributed by atoms with E-state index >= 15 is 0 Å². The molecule has 13 rings (SSSR count). The van der Waals surface area contributed by atoms with Crippen LogP contribution in [0.2, 0.25) is 0 Å². The lowest BCUT2D eigenvalue weighted by molar-refractivity contribution is 1.08. The van der Waals surface area contributed by atoms with Gasteiger partial charge in [-0.25, -0.2) is 15.0 Å². The van der Waals surface area contributed by atoms with Crippen molar-refractivity contribution >= 4 is 75.4 Å². The number of hydrogen-bond donors (Lipinski definition) is 0. The molecule has 1 heterocycles. The van der Waals surface area contributed by atoms with E-state index in [1.54, 1.807) is 0 Å². The van der Waals surface area contributed by atoms with E-state index in [1.165, 1.54) is 70.6 Å². The highest BCUT2D eigenvalue weighted by molar-refractivity contribution is 6.34. The van der Waals surface area contributed by atoms with Gasteiger partial charge in [0, 0.05) is 16.7 Å². The monoisotopic (exact) mass is 811 g/mol. The van der Waals surface area contributed by atoms with Gasteiger partial charge in [0.15, 0.2) is 17.5 Å². The molecule has 0 unspecified atom stereocenters. The Kier molecular flexibility index (Phi) is 8.22. The number of hydrogen-bond acceptors (Lipinski definition) is 3. The van der Waals surface area contributed by atoms with Crippen LogP contribution in [0.25, 0.3) is 132 Å². The molecule has 0 atom stereocenters. The van der Waals surface area contributed by atoms with Gasteiger partial charge in [0.25, 0.3) is 0 Å². The summed E-state index contributed by atoms with van der Waals surface area (Å²) in [6, 6.07) is 80.8. The Balaban J connectivity index is 1.04. The zero-order chi connectivity index (χ0) is 42.1. The molecule has 296 valence electrons. The molecule has 0 saturated carbocycles. The highest BCUT2D eigenvalue weighted by Crippen LogP contribution is 2.46. The fraction of sp³-hybridized carbons (Fsp3) is 0. The Bertz CT molecular complexity index is 3880. The number of fused-ring (bicyclic) bond motifs is 7. The minimum atomic E-state index is 0.646. The first kappa shape index (κ1) is 36.2. The number of benzene rings is 11. The summed E-state index contributed by atoms with van der Waals surface area (Å²) >= 11 is 0. The van der Waals surface area contributed by atoms with Crippen LogP contribution in [0, 0.1) is 0 Å². The molecule has 3 heteroatoms. The van der Waals surface area contributed by atoms with Crippen LogP contribution in [0.5, 0.6) is 0 Å². The smallest absolute Gasteiger partial charge is 0.165 e. The molecule has 0 bridgehead atoms.